The van der Waals surface area contributed by atoms with Crippen LogP contribution in [0.2, 0.25) is 0 Å². The lowest BCUT2D eigenvalue weighted by molar-refractivity contribution is 0.127. The molecule has 0 amide bonds. The highest BCUT2D eigenvalue weighted by Crippen LogP contribution is 2.40. The molecule has 3 heteroatoms. The topological polar surface area (TPSA) is 48.9 Å². The first kappa shape index (κ1) is 17.0. The van der Waals surface area contributed by atoms with Gasteiger partial charge >= 0.3 is 0 Å². The van der Waals surface area contributed by atoms with Crippen molar-refractivity contribution in [1.29, 1.82) is 0 Å². The normalized spacial score (nSPS) is 22.2. The van der Waals surface area contributed by atoms with Crippen molar-refractivity contribution < 1.29 is 5.11 Å². The Balaban J connectivity index is 1.67. The second-order valence-corrected chi connectivity index (χ2v) is 7.35. The van der Waals surface area contributed by atoms with E-state index in [1.54, 1.807) is 6.33 Å². The Kier molecular flexibility index (Phi) is 5.20. The van der Waals surface area contributed by atoms with E-state index in [4.69, 9.17) is 0 Å². The molecule has 3 nitrogen and oxygen atoms in total. The minimum Gasteiger partial charge on any atom is -0.388 e. The van der Waals surface area contributed by atoms with Gasteiger partial charge in [0, 0.05) is 5.57 Å². The number of aryl methyl sites for hydroxylation is 1. The van der Waals surface area contributed by atoms with Gasteiger partial charge in [-0.2, -0.15) is 0 Å². The summed E-state index contributed by atoms with van der Waals surface area (Å²) < 4.78 is 0. The number of hydrogen-bond acceptors (Lipinski definition) is 2. The van der Waals surface area contributed by atoms with E-state index >= 15 is 0 Å². The first-order valence-electron chi connectivity index (χ1n) is 8.97. The van der Waals surface area contributed by atoms with Crippen LogP contribution in [0, 0.1) is 12.8 Å². The average Bonchev–Trinajstić information content (AvgIpc) is 3.09. The third-order valence-corrected chi connectivity index (χ3v) is 5.39. The van der Waals surface area contributed by atoms with Crippen molar-refractivity contribution in [3.63, 3.8) is 0 Å². The lowest BCUT2D eigenvalue weighted by Gasteiger charge is -2.33. The summed E-state index contributed by atoms with van der Waals surface area (Å²) in [6, 6.07) is 8.94. The number of nitrogens with one attached hydrogen (secondary N) is 1. The lowest BCUT2D eigenvalue weighted by Crippen LogP contribution is -2.27. The van der Waals surface area contributed by atoms with Crippen LogP contribution < -0.4 is 0 Å². The Morgan fingerprint density at radius 1 is 1.12 bits per heavy atom. The number of aliphatic hydroxyl groups excluding tert-OH is 1. The summed E-state index contributed by atoms with van der Waals surface area (Å²) in [6.07, 6.45) is 7.54. The maximum Gasteiger partial charge on any atom is 0.0924 e. The zero-order valence-electron chi connectivity index (χ0n) is 14.9. The molecule has 1 atom stereocenters. The third-order valence-electron chi connectivity index (χ3n) is 5.39. The van der Waals surface area contributed by atoms with Crippen LogP contribution in [0.1, 0.15) is 62.3 Å². The van der Waals surface area contributed by atoms with E-state index < -0.39 is 6.10 Å². The molecular formula is C21H28N2O. The number of aromatic amines is 1. The summed E-state index contributed by atoms with van der Waals surface area (Å²) in [6.45, 7) is 6.27. The molecule has 0 aliphatic heterocycles. The molecule has 128 valence electrons. The Labute approximate surface area is 144 Å². The first-order valence-corrected chi connectivity index (χ1v) is 8.97. The Bertz CT molecular complexity index is 673. The van der Waals surface area contributed by atoms with E-state index in [1.807, 2.05) is 6.20 Å². The van der Waals surface area contributed by atoms with E-state index in [0.717, 1.165) is 42.5 Å². The number of H-pyrrole nitrogens is 1. The molecule has 1 unspecified atom stereocenters. The highest BCUT2D eigenvalue weighted by atomic mass is 16.3. The number of allylic oxidation sites excluding steroid dienone is 1. The van der Waals surface area contributed by atoms with Crippen LogP contribution in [-0.4, -0.2) is 21.2 Å². The summed E-state index contributed by atoms with van der Waals surface area (Å²) in [4.78, 5) is 7.26. The fraction of sp³-hybridized carbons (Fsp3) is 0.476. The van der Waals surface area contributed by atoms with Gasteiger partial charge in [-0.15, -0.1) is 0 Å². The highest BCUT2D eigenvalue weighted by Gasteiger charge is 2.30. The van der Waals surface area contributed by atoms with Crippen molar-refractivity contribution in [2.45, 2.75) is 58.5 Å². The van der Waals surface area contributed by atoms with Gasteiger partial charge in [-0.25, -0.2) is 4.98 Å². The van der Waals surface area contributed by atoms with Crippen LogP contribution in [0.3, 0.4) is 0 Å². The van der Waals surface area contributed by atoms with E-state index in [2.05, 4.69) is 55.0 Å². The van der Waals surface area contributed by atoms with Crippen LogP contribution >= 0.6 is 0 Å². The Morgan fingerprint density at radius 2 is 1.79 bits per heavy atom. The summed E-state index contributed by atoms with van der Waals surface area (Å²) in [5, 5.41) is 11.0. The number of aliphatic hydroxyl groups is 1. The molecule has 1 aromatic heterocycles. The number of aromatic nitrogens is 2. The van der Waals surface area contributed by atoms with Crippen molar-refractivity contribution in [3.05, 3.63) is 59.2 Å². The molecule has 1 aromatic carbocycles. The molecule has 0 bridgehead atoms. The summed E-state index contributed by atoms with van der Waals surface area (Å²) in [7, 11) is 0. The number of nitrogens with zero attached hydrogens (tertiary/aromatic N) is 1. The molecular weight excluding hydrogens is 296 g/mol. The largest absolute Gasteiger partial charge is 0.388 e. The molecule has 2 N–H and O–H groups in total. The molecule has 1 fully saturated rings. The van der Waals surface area contributed by atoms with Gasteiger partial charge in [-0.1, -0.05) is 35.4 Å². The minimum absolute atomic E-state index is 0.333. The number of rotatable bonds is 4. The van der Waals surface area contributed by atoms with Gasteiger partial charge in [0.25, 0.3) is 0 Å². The van der Waals surface area contributed by atoms with Gasteiger partial charge in [-0.05, 0) is 63.9 Å². The smallest absolute Gasteiger partial charge is 0.0924 e. The lowest BCUT2D eigenvalue weighted by atomic mass is 9.74. The van der Waals surface area contributed by atoms with Crippen molar-refractivity contribution >= 4 is 5.57 Å². The molecule has 1 saturated carbocycles. The summed E-state index contributed by atoms with van der Waals surface area (Å²) in [5.41, 5.74) is 5.89. The number of hydrogen-bond donors (Lipinski definition) is 2. The van der Waals surface area contributed by atoms with E-state index in [9.17, 15) is 5.11 Å². The molecule has 24 heavy (non-hydrogen) atoms. The Hall–Kier alpha value is -1.87. The SMILES string of the molecule is CC(C)=C(c1cnc[nH]1)C(O)C1CCC(c2ccc(C)cc2)CC1. The maximum absolute atomic E-state index is 11.0. The van der Waals surface area contributed by atoms with Gasteiger partial charge in [0.15, 0.2) is 0 Å². The van der Waals surface area contributed by atoms with Crippen LogP contribution in [0.25, 0.3) is 5.57 Å². The minimum atomic E-state index is -0.408. The molecule has 0 spiro atoms. The quantitative estimate of drug-likeness (QED) is 0.845. The highest BCUT2D eigenvalue weighted by molar-refractivity contribution is 5.68. The van der Waals surface area contributed by atoms with Crippen LogP contribution in [-0.2, 0) is 0 Å². The van der Waals surface area contributed by atoms with Crippen LogP contribution in [0.4, 0.5) is 0 Å². The predicted octanol–water partition coefficient (Wildman–Crippen LogP) is 4.85. The van der Waals surface area contributed by atoms with E-state index in [-0.39, 0.29) is 0 Å². The predicted molar refractivity (Wildman–Crippen MR) is 98.7 cm³/mol. The van der Waals surface area contributed by atoms with Gasteiger partial charge in [0.05, 0.1) is 24.3 Å². The first-order chi connectivity index (χ1) is 11.6. The van der Waals surface area contributed by atoms with Crippen LogP contribution in [0.15, 0.2) is 42.4 Å². The molecule has 0 saturated heterocycles. The second kappa shape index (κ2) is 7.35. The maximum atomic E-state index is 11.0. The molecule has 1 aliphatic rings. The third kappa shape index (κ3) is 3.62. The zero-order valence-corrected chi connectivity index (χ0v) is 14.9. The van der Waals surface area contributed by atoms with Gasteiger partial charge in [0.1, 0.15) is 0 Å². The van der Waals surface area contributed by atoms with Crippen molar-refractivity contribution in [3.8, 4) is 0 Å². The standard InChI is InChI=1S/C21H28N2O/c1-14(2)20(19-12-22-13-23-19)21(24)18-10-8-17(9-11-18)16-6-4-15(3)5-7-16/h4-7,12-13,17-18,21,24H,8-11H2,1-3H3,(H,22,23). The fourth-order valence-electron chi connectivity index (χ4n) is 3.97. The zero-order chi connectivity index (χ0) is 17.1. The molecule has 1 aliphatic carbocycles. The molecule has 2 aromatic rings. The Morgan fingerprint density at radius 3 is 2.33 bits per heavy atom. The second-order valence-electron chi connectivity index (χ2n) is 7.35. The van der Waals surface area contributed by atoms with Gasteiger partial charge in [0.2, 0.25) is 0 Å². The van der Waals surface area contributed by atoms with Gasteiger partial charge < -0.3 is 10.1 Å². The van der Waals surface area contributed by atoms with Crippen LogP contribution in [0.5, 0.6) is 0 Å². The average molecular weight is 324 g/mol. The number of benzene rings is 1. The van der Waals surface area contributed by atoms with Crippen molar-refractivity contribution in [1.82, 2.24) is 9.97 Å². The molecule has 0 radical (unpaired) electrons. The van der Waals surface area contributed by atoms with Crippen molar-refractivity contribution in [2.75, 3.05) is 0 Å². The molecule has 3 rings (SSSR count). The summed E-state index contributed by atoms with van der Waals surface area (Å²) >= 11 is 0. The van der Waals surface area contributed by atoms with Crippen molar-refractivity contribution in [2.24, 2.45) is 5.92 Å². The summed E-state index contributed by atoms with van der Waals surface area (Å²) in [5.74, 6) is 0.969. The van der Waals surface area contributed by atoms with E-state index in [1.165, 1.54) is 11.1 Å². The van der Waals surface area contributed by atoms with Gasteiger partial charge in [-0.3, -0.25) is 0 Å². The molecule has 1 heterocycles. The van der Waals surface area contributed by atoms with E-state index in [0.29, 0.717) is 11.8 Å². The fourth-order valence-corrected chi connectivity index (χ4v) is 3.97. The monoisotopic (exact) mass is 324 g/mol. The number of imidazole rings is 1.